The van der Waals surface area contributed by atoms with Gasteiger partial charge >= 0.3 is 0 Å². The van der Waals surface area contributed by atoms with E-state index in [9.17, 15) is 0 Å². The van der Waals surface area contributed by atoms with Crippen molar-refractivity contribution in [3.63, 3.8) is 0 Å². The Kier molecular flexibility index (Phi) is 7.21. The van der Waals surface area contributed by atoms with E-state index in [0.717, 1.165) is 38.8 Å². The number of guanidine groups is 1. The van der Waals surface area contributed by atoms with E-state index in [-0.39, 0.29) is 24.0 Å². The minimum Gasteiger partial charge on any atom is -0.381 e. The molecule has 146 valence electrons. The molecule has 0 aromatic carbocycles. The molecule has 0 radical (unpaired) electrons. The molecule has 3 aliphatic rings. The van der Waals surface area contributed by atoms with Gasteiger partial charge in [0.2, 0.25) is 0 Å². The topological polar surface area (TPSA) is 40.1 Å². The van der Waals surface area contributed by atoms with Crippen molar-refractivity contribution in [2.24, 2.45) is 10.4 Å². The van der Waals surface area contributed by atoms with Crippen molar-refractivity contribution in [2.75, 3.05) is 53.0 Å². The molecule has 1 N–H and O–H groups in total. The number of thiophene rings is 1. The average Bonchev–Trinajstić information content (AvgIpc) is 3.42. The van der Waals surface area contributed by atoms with Gasteiger partial charge in [0, 0.05) is 43.6 Å². The van der Waals surface area contributed by atoms with Crippen molar-refractivity contribution in [1.82, 2.24) is 15.1 Å². The highest BCUT2D eigenvalue weighted by Crippen LogP contribution is 2.38. The zero-order valence-corrected chi connectivity index (χ0v) is 18.8. The van der Waals surface area contributed by atoms with Crippen molar-refractivity contribution in [3.8, 4) is 0 Å². The second-order valence-electron chi connectivity index (χ2n) is 7.68. The number of halogens is 1. The molecule has 2 unspecified atom stereocenters. The van der Waals surface area contributed by atoms with E-state index in [4.69, 9.17) is 4.74 Å². The van der Waals surface area contributed by atoms with Gasteiger partial charge in [-0.2, -0.15) is 0 Å². The normalized spacial score (nSPS) is 27.9. The molecule has 0 saturated carbocycles. The Morgan fingerprint density at radius 3 is 2.85 bits per heavy atom. The molecule has 1 aromatic heterocycles. The lowest BCUT2D eigenvalue weighted by Gasteiger charge is -2.30. The van der Waals surface area contributed by atoms with E-state index in [1.807, 2.05) is 18.4 Å². The summed E-state index contributed by atoms with van der Waals surface area (Å²) in [5.41, 5.74) is 0.375. The molecule has 0 amide bonds. The monoisotopic (exact) mass is 490 g/mol. The Morgan fingerprint density at radius 1 is 1.35 bits per heavy atom. The number of rotatable bonds is 4. The van der Waals surface area contributed by atoms with Crippen molar-refractivity contribution in [2.45, 2.75) is 31.7 Å². The van der Waals surface area contributed by atoms with Crippen LogP contribution in [-0.2, 0) is 4.74 Å². The standard InChI is InChI=1S/C19H30N4OS.HI/c1-20-18(23-10-6-19(14-23)7-11-24-15-19)21-13-16(17-5-4-12-25-17)22-8-2-3-9-22;/h4-5,12,16H,2-3,6-11,13-15H2,1H3,(H,20,21);1H. The van der Waals surface area contributed by atoms with Gasteiger partial charge in [-0.25, -0.2) is 0 Å². The van der Waals surface area contributed by atoms with Gasteiger partial charge in [0.05, 0.1) is 12.6 Å². The quantitative estimate of drug-likeness (QED) is 0.400. The molecule has 26 heavy (non-hydrogen) atoms. The van der Waals surface area contributed by atoms with Crippen LogP contribution >= 0.6 is 35.3 Å². The van der Waals surface area contributed by atoms with Gasteiger partial charge in [-0.3, -0.25) is 9.89 Å². The second kappa shape index (κ2) is 9.21. The smallest absolute Gasteiger partial charge is 0.193 e. The molecule has 3 aliphatic heterocycles. The first kappa shape index (κ1) is 20.4. The van der Waals surface area contributed by atoms with Crippen LogP contribution in [0.1, 0.15) is 36.6 Å². The third-order valence-corrected chi connectivity index (χ3v) is 7.01. The van der Waals surface area contributed by atoms with Gasteiger partial charge in [0.1, 0.15) is 0 Å². The van der Waals surface area contributed by atoms with Crippen LogP contribution in [0.15, 0.2) is 22.5 Å². The third kappa shape index (κ3) is 4.36. The summed E-state index contributed by atoms with van der Waals surface area (Å²) in [5, 5.41) is 5.88. The molecular weight excluding hydrogens is 459 g/mol. The summed E-state index contributed by atoms with van der Waals surface area (Å²) >= 11 is 1.87. The molecule has 4 heterocycles. The SMILES string of the molecule is CN=C(NCC(c1cccs1)N1CCCC1)N1CCC2(CCOC2)C1.I. The van der Waals surface area contributed by atoms with E-state index in [1.54, 1.807) is 0 Å². The molecule has 3 fully saturated rings. The summed E-state index contributed by atoms with van der Waals surface area (Å²) < 4.78 is 5.67. The van der Waals surface area contributed by atoms with Gasteiger partial charge in [-0.1, -0.05) is 6.07 Å². The fourth-order valence-corrected chi connectivity index (χ4v) is 5.41. The van der Waals surface area contributed by atoms with Crippen molar-refractivity contribution in [3.05, 3.63) is 22.4 Å². The minimum atomic E-state index is 0. The molecule has 1 aromatic rings. The van der Waals surface area contributed by atoms with Gasteiger partial charge in [-0.05, 0) is 50.2 Å². The van der Waals surface area contributed by atoms with E-state index >= 15 is 0 Å². The molecular formula is C19H31IN4OS. The fraction of sp³-hybridized carbons (Fsp3) is 0.737. The van der Waals surface area contributed by atoms with E-state index in [2.05, 4.69) is 37.6 Å². The van der Waals surface area contributed by atoms with Crippen LogP contribution in [0.3, 0.4) is 0 Å². The van der Waals surface area contributed by atoms with Crippen molar-refractivity contribution < 1.29 is 4.74 Å². The van der Waals surface area contributed by atoms with E-state index in [0.29, 0.717) is 11.5 Å². The first-order valence-corrected chi connectivity index (χ1v) is 10.5. The predicted molar refractivity (Wildman–Crippen MR) is 119 cm³/mol. The highest BCUT2D eigenvalue weighted by Gasteiger charge is 2.42. The number of nitrogens with one attached hydrogen (secondary N) is 1. The number of ether oxygens (including phenoxy) is 1. The van der Waals surface area contributed by atoms with Gasteiger partial charge < -0.3 is 15.0 Å². The molecule has 4 rings (SSSR count). The number of likely N-dealkylation sites (tertiary alicyclic amines) is 2. The Labute approximate surface area is 178 Å². The maximum absolute atomic E-state index is 5.67. The average molecular weight is 490 g/mol. The predicted octanol–water partition coefficient (Wildman–Crippen LogP) is 3.19. The maximum Gasteiger partial charge on any atom is 0.193 e. The van der Waals surface area contributed by atoms with Crippen LogP contribution in [0.4, 0.5) is 0 Å². The lowest BCUT2D eigenvalue weighted by Crippen LogP contribution is -2.44. The van der Waals surface area contributed by atoms with Crippen LogP contribution in [0.5, 0.6) is 0 Å². The van der Waals surface area contributed by atoms with Crippen LogP contribution in [0.2, 0.25) is 0 Å². The molecule has 2 atom stereocenters. The summed E-state index contributed by atoms with van der Waals surface area (Å²) in [6, 6.07) is 4.91. The zero-order chi connectivity index (χ0) is 17.1. The van der Waals surface area contributed by atoms with E-state index in [1.165, 1.54) is 43.6 Å². The van der Waals surface area contributed by atoms with Gasteiger partial charge in [0.15, 0.2) is 5.96 Å². The first-order valence-electron chi connectivity index (χ1n) is 9.60. The number of hydrogen-bond acceptors (Lipinski definition) is 4. The highest BCUT2D eigenvalue weighted by molar-refractivity contribution is 14.0. The summed E-state index contributed by atoms with van der Waals surface area (Å²) in [5.74, 6) is 1.06. The first-order chi connectivity index (χ1) is 12.3. The molecule has 1 spiro atoms. The summed E-state index contributed by atoms with van der Waals surface area (Å²) in [7, 11) is 1.91. The minimum absolute atomic E-state index is 0. The van der Waals surface area contributed by atoms with Gasteiger partial charge in [0.25, 0.3) is 0 Å². The van der Waals surface area contributed by atoms with Crippen molar-refractivity contribution in [1.29, 1.82) is 0 Å². The van der Waals surface area contributed by atoms with Gasteiger partial charge in [-0.15, -0.1) is 35.3 Å². The van der Waals surface area contributed by atoms with Crippen molar-refractivity contribution >= 4 is 41.3 Å². The summed E-state index contributed by atoms with van der Waals surface area (Å²) in [6.07, 6.45) is 5.08. The van der Waals surface area contributed by atoms with E-state index < -0.39 is 0 Å². The van der Waals surface area contributed by atoms with Crippen LogP contribution in [0.25, 0.3) is 0 Å². The van der Waals surface area contributed by atoms with Crippen LogP contribution in [0, 0.1) is 5.41 Å². The largest absolute Gasteiger partial charge is 0.381 e. The Bertz CT molecular complexity index is 582. The number of hydrogen-bond donors (Lipinski definition) is 1. The number of nitrogens with zero attached hydrogens (tertiary/aromatic N) is 3. The Balaban J connectivity index is 0.00000196. The Hall–Kier alpha value is -0.380. The molecule has 5 nitrogen and oxygen atoms in total. The molecule has 0 aliphatic carbocycles. The second-order valence-corrected chi connectivity index (χ2v) is 8.66. The molecule has 7 heteroatoms. The number of aliphatic imine (C=N–C) groups is 1. The molecule has 3 saturated heterocycles. The van der Waals surface area contributed by atoms with Crippen LogP contribution in [-0.4, -0.2) is 68.7 Å². The highest BCUT2D eigenvalue weighted by atomic mass is 127. The lowest BCUT2D eigenvalue weighted by molar-refractivity contribution is 0.156. The Morgan fingerprint density at radius 2 is 2.19 bits per heavy atom. The maximum atomic E-state index is 5.67. The third-order valence-electron chi connectivity index (χ3n) is 6.04. The summed E-state index contributed by atoms with van der Waals surface area (Å²) in [4.78, 5) is 11.1. The fourth-order valence-electron chi connectivity index (χ4n) is 4.55. The summed E-state index contributed by atoms with van der Waals surface area (Å²) in [6.45, 7) is 7.39. The lowest BCUT2D eigenvalue weighted by atomic mass is 9.87. The molecule has 0 bridgehead atoms. The van der Waals surface area contributed by atoms with Crippen LogP contribution < -0.4 is 5.32 Å². The zero-order valence-electron chi connectivity index (χ0n) is 15.7.